The zero-order valence-electron chi connectivity index (χ0n) is 15.7. The number of carbonyl (C=O) groups excluding carboxylic acids is 1. The molecular weight excluding hydrogens is 396 g/mol. The standard InChI is InChI=1S/C21H23ClN2O3S/c1-15-2-8-18(9-3-15)24-20-14-28(26,27)13-19(20)23(12-21(24)25)11-10-16-4-6-17(22)7-5-16/h2-9,19-20H,10-14H2,1H3. The zero-order chi connectivity index (χ0) is 19.9. The van der Waals surface area contributed by atoms with Gasteiger partial charge < -0.3 is 4.90 Å². The van der Waals surface area contributed by atoms with Crippen molar-refractivity contribution >= 4 is 33.0 Å². The van der Waals surface area contributed by atoms with Gasteiger partial charge >= 0.3 is 0 Å². The van der Waals surface area contributed by atoms with Crippen molar-refractivity contribution in [1.29, 1.82) is 0 Å². The van der Waals surface area contributed by atoms with E-state index in [-0.39, 0.29) is 36.0 Å². The maximum absolute atomic E-state index is 13.0. The lowest BCUT2D eigenvalue weighted by molar-refractivity contribution is -0.123. The summed E-state index contributed by atoms with van der Waals surface area (Å²) < 4.78 is 24.8. The van der Waals surface area contributed by atoms with Crippen LogP contribution in [0.25, 0.3) is 0 Å². The normalized spacial score (nSPS) is 24.4. The minimum Gasteiger partial charge on any atom is -0.306 e. The van der Waals surface area contributed by atoms with Crippen LogP contribution >= 0.6 is 11.6 Å². The van der Waals surface area contributed by atoms with Crippen LogP contribution in [0.1, 0.15) is 11.1 Å². The Kier molecular flexibility index (Phi) is 5.21. The fourth-order valence-corrected chi connectivity index (χ4v) is 6.27. The number of carbonyl (C=O) groups is 1. The Bertz CT molecular complexity index is 974. The molecule has 2 heterocycles. The van der Waals surface area contributed by atoms with E-state index in [9.17, 15) is 13.2 Å². The van der Waals surface area contributed by atoms with E-state index < -0.39 is 9.84 Å². The highest BCUT2D eigenvalue weighted by molar-refractivity contribution is 7.91. The van der Waals surface area contributed by atoms with Crippen molar-refractivity contribution in [3.8, 4) is 0 Å². The van der Waals surface area contributed by atoms with E-state index in [0.717, 1.165) is 23.2 Å². The summed E-state index contributed by atoms with van der Waals surface area (Å²) in [6.07, 6.45) is 0.748. The summed E-state index contributed by atoms with van der Waals surface area (Å²) in [5.41, 5.74) is 3.00. The van der Waals surface area contributed by atoms with Gasteiger partial charge in [0.05, 0.1) is 24.1 Å². The van der Waals surface area contributed by atoms with Crippen molar-refractivity contribution < 1.29 is 13.2 Å². The monoisotopic (exact) mass is 418 g/mol. The number of rotatable bonds is 4. The summed E-state index contributed by atoms with van der Waals surface area (Å²) in [6, 6.07) is 14.8. The number of anilines is 1. The van der Waals surface area contributed by atoms with Gasteiger partial charge in [0.25, 0.3) is 0 Å². The van der Waals surface area contributed by atoms with Gasteiger partial charge in [-0.05, 0) is 43.2 Å². The topological polar surface area (TPSA) is 57.7 Å². The van der Waals surface area contributed by atoms with Gasteiger partial charge in [-0.25, -0.2) is 8.42 Å². The smallest absolute Gasteiger partial charge is 0.241 e. The molecule has 0 saturated carbocycles. The molecule has 2 atom stereocenters. The third-order valence-corrected chi connectivity index (χ3v) is 7.57. The first-order valence-electron chi connectivity index (χ1n) is 9.40. The van der Waals surface area contributed by atoms with Crippen LogP contribution in [0.3, 0.4) is 0 Å². The molecule has 2 unspecified atom stereocenters. The van der Waals surface area contributed by atoms with Crippen molar-refractivity contribution in [2.24, 2.45) is 0 Å². The Labute approximate surface area is 170 Å². The molecule has 0 aromatic heterocycles. The summed E-state index contributed by atoms with van der Waals surface area (Å²) in [7, 11) is -3.18. The fourth-order valence-electron chi connectivity index (χ4n) is 4.17. The van der Waals surface area contributed by atoms with E-state index >= 15 is 0 Å². The molecule has 2 aromatic rings. The summed E-state index contributed by atoms with van der Waals surface area (Å²) in [5.74, 6) is 0.0844. The molecule has 2 aliphatic rings. The summed E-state index contributed by atoms with van der Waals surface area (Å²) >= 11 is 5.94. The molecular formula is C21H23ClN2O3S. The Balaban J connectivity index is 1.57. The third-order valence-electron chi connectivity index (χ3n) is 5.61. The van der Waals surface area contributed by atoms with Crippen LogP contribution in [0.4, 0.5) is 5.69 Å². The van der Waals surface area contributed by atoms with Crippen molar-refractivity contribution in [3.05, 3.63) is 64.7 Å². The van der Waals surface area contributed by atoms with Gasteiger partial charge in [0, 0.05) is 23.3 Å². The fraction of sp³-hybridized carbons (Fsp3) is 0.381. The molecule has 0 radical (unpaired) electrons. The second-order valence-electron chi connectivity index (χ2n) is 7.66. The van der Waals surface area contributed by atoms with E-state index in [1.807, 2.05) is 60.4 Å². The molecule has 0 bridgehead atoms. The first kappa shape index (κ1) is 19.4. The van der Waals surface area contributed by atoms with Gasteiger partial charge in [-0.1, -0.05) is 41.4 Å². The minimum absolute atomic E-state index is 0.0225. The van der Waals surface area contributed by atoms with Gasteiger partial charge in [0.1, 0.15) is 0 Å². The zero-order valence-corrected chi connectivity index (χ0v) is 17.3. The number of fused-ring (bicyclic) bond motifs is 1. The van der Waals surface area contributed by atoms with Crippen molar-refractivity contribution in [3.63, 3.8) is 0 Å². The highest BCUT2D eigenvalue weighted by atomic mass is 35.5. The first-order chi connectivity index (χ1) is 13.3. The van der Waals surface area contributed by atoms with Crippen molar-refractivity contribution in [2.75, 3.05) is 29.5 Å². The molecule has 2 aromatic carbocycles. The summed E-state index contributed by atoms with van der Waals surface area (Å²) in [5, 5.41) is 0.688. The third kappa shape index (κ3) is 3.95. The Morgan fingerprint density at radius 3 is 2.32 bits per heavy atom. The molecule has 2 fully saturated rings. The van der Waals surface area contributed by atoms with Crippen LogP contribution in [0.15, 0.2) is 48.5 Å². The number of piperazine rings is 1. The SMILES string of the molecule is Cc1ccc(N2C(=O)CN(CCc3ccc(Cl)cc3)C3CS(=O)(=O)CC32)cc1. The van der Waals surface area contributed by atoms with E-state index in [4.69, 9.17) is 11.6 Å². The number of halogens is 1. The molecule has 2 aliphatic heterocycles. The highest BCUT2D eigenvalue weighted by Crippen LogP contribution is 2.32. The average molecular weight is 419 g/mol. The lowest BCUT2D eigenvalue weighted by atomic mass is 10.0. The van der Waals surface area contributed by atoms with Crippen molar-refractivity contribution in [2.45, 2.75) is 25.4 Å². The number of amides is 1. The first-order valence-corrected chi connectivity index (χ1v) is 11.6. The molecule has 0 spiro atoms. The highest BCUT2D eigenvalue weighted by Gasteiger charge is 2.49. The Hall–Kier alpha value is -1.89. The van der Waals surface area contributed by atoms with Crippen LogP contribution in [-0.2, 0) is 21.1 Å². The second kappa shape index (κ2) is 7.50. The minimum atomic E-state index is -3.18. The van der Waals surface area contributed by atoms with Gasteiger partial charge in [0.15, 0.2) is 9.84 Å². The predicted octanol–water partition coefficient (Wildman–Crippen LogP) is 2.71. The molecule has 148 valence electrons. The van der Waals surface area contributed by atoms with Crippen LogP contribution in [-0.4, -0.2) is 55.9 Å². The number of benzene rings is 2. The maximum Gasteiger partial charge on any atom is 0.241 e. The van der Waals surface area contributed by atoms with Crippen LogP contribution in [0.2, 0.25) is 5.02 Å². The quantitative estimate of drug-likeness (QED) is 0.766. The van der Waals surface area contributed by atoms with E-state index in [0.29, 0.717) is 11.6 Å². The van der Waals surface area contributed by atoms with Gasteiger partial charge in [0.2, 0.25) is 5.91 Å². The van der Waals surface area contributed by atoms with E-state index in [2.05, 4.69) is 0 Å². The number of hydrogen-bond donors (Lipinski definition) is 0. The van der Waals surface area contributed by atoms with E-state index in [1.165, 1.54) is 0 Å². The molecule has 28 heavy (non-hydrogen) atoms. The maximum atomic E-state index is 13.0. The molecule has 2 saturated heterocycles. The lowest BCUT2D eigenvalue weighted by Gasteiger charge is -2.43. The van der Waals surface area contributed by atoms with Gasteiger partial charge in [-0.15, -0.1) is 0 Å². The molecule has 5 nitrogen and oxygen atoms in total. The largest absolute Gasteiger partial charge is 0.306 e. The van der Waals surface area contributed by atoms with Crippen LogP contribution in [0, 0.1) is 6.92 Å². The molecule has 1 amide bonds. The van der Waals surface area contributed by atoms with Gasteiger partial charge in [-0.2, -0.15) is 0 Å². The molecule has 4 rings (SSSR count). The van der Waals surface area contributed by atoms with E-state index in [1.54, 1.807) is 4.90 Å². The number of hydrogen-bond acceptors (Lipinski definition) is 4. The number of sulfone groups is 1. The summed E-state index contributed by atoms with van der Waals surface area (Å²) in [4.78, 5) is 16.7. The Morgan fingerprint density at radius 1 is 1.00 bits per heavy atom. The van der Waals surface area contributed by atoms with Crippen molar-refractivity contribution in [1.82, 2.24) is 4.90 Å². The van der Waals surface area contributed by atoms with Crippen LogP contribution < -0.4 is 4.90 Å². The average Bonchev–Trinajstić information content (AvgIpc) is 2.97. The number of aryl methyl sites for hydroxylation is 1. The number of nitrogens with zero attached hydrogens (tertiary/aromatic N) is 2. The van der Waals surface area contributed by atoms with Gasteiger partial charge in [-0.3, -0.25) is 9.69 Å². The summed E-state index contributed by atoms with van der Waals surface area (Å²) in [6.45, 7) is 2.87. The molecule has 0 N–H and O–H groups in total. The second-order valence-corrected chi connectivity index (χ2v) is 10.2. The molecule has 0 aliphatic carbocycles. The Morgan fingerprint density at radius 2 is 1.64 bits per heavy atom. The lowest BCUT2D eigenvalue weighted by Crippen LogP contribution is -2.62. The predicted molar refractivity (Wildman–Crippen MR) is 112 cm³/mol. The molecule has 7 heteroatoms. The van der Waals surface area contributed by atoms with Crippen LogP contribution in [0.5, 0.6) is 0 Å².